The van der Waals surface area contributed by atoms with E-state index in [1.54, 1.807) is 11.3 Å². The van der Waals surface area contributed by atoms with Crippen molar-refractivity contribution in [2.24, 2.45) is 7.05 Å². The summed E-state index contributed by atoms with van der Waals surface area (Å²) in [5, 5.41) is 10.2. The van der Waals surface area contributed by atoms with E-state index in [0.717, 1.165) is 97.9 Å². The number of benzene rings is 3. The number of rotatable bonds is 2. The predicted molar refractivity (Wildman–Crippen MR) is 198 cm³/mol. The molecule has 0 atom stereocenters. The number of aryl methyl sites for hydroxylation is 3. The lowest BCUT2D eigenvalue weighted by molar-refractivity contribution is 0.0514. The summed E-state index contributed by atoms with van der Waals surface area (Å²) < 4.78 is 16.3. The predicted octanol–water partition coefficient (Wildman–Crippen LogP) is 9.48. The van der Waals surface area contributed by atoms with Gasteiger partial charge in [-0.05, 0) is 61.8 Å². The summed E-state index contributed by atoms with van der Waals surface area (Å²) in [4.78, 5) is 20.8. The minimum absolute atomic E-state index is 0.302. The molecule has 3 aromatic carbocycles. The Bertz CT molecular complexity index is 2190. The van der Waals surface area contributed by atoms with Crippen LogP contribution in [0.25, 0.3) is 32.8 Å². The van der Waals surface area contributed by atoms with Crippen LogP contribution in [0, 0.1) is 0 Å². The van der Waals surface area contributed by atoms with E-state index in [1.165, 1.54) is 15.5 Å². The Balaban J connectivity index is 1.26. The van der Waals surface area contributed by atoms with Gasteiger partial charge in [0.2, 0.25) is 0 Å². The number of fused-ring (bicyclic) bond motifs is 10. The Morgan fingerprint density at radius 1 is 1.04 bits per heavy atom. The van der Waals surface area contributed by atoms with Crippen molar-refractivity contribution in [2.45, 2.75) is 61.3 Å². The number of thiazole rings is 1. The van der Waals surface area contributed by atoms with E-state index in [4.69, 9.17) is 31.2 Å². The summed E-state index contributed by atoms with van der Waals surface area (Å²) in [7, 11) is 1.96. The molecule has 2 aliphatic heterocycles. The summed E-state index contributed by atoms with van der Waals surface area (Å²) in [5.41, 5.74) is 6.78. The molecule has 3 aromatic heterocycles. The van der Waals surface area contributed by atoms with Gasteiger partial charge in [-0.25, -0.2) is 9.78 Å². The molecule has 6 aromatic rings. The van der Waals surface area contributed by atoms with Crippen LogP contribution in [0.3, 0.4) is 0 Å². The zero-order valence-electron chi connectivity index (χ0n) is 26.9. The van der Waals surface area contributed by atoms with Crippen molar-refractivity contribution in [3.63, 3.8) is 0 Å². The quantitative estimate of drug-likeness (QED) is 0.166. The molecular formula is C37H35ClN4O3S3. The molecule has 11 heteroatoms. The van der Waals surface area contributed by atoms with Crippen LogP contribution >= 0.6 is 46.5 Å². The second kappa shape index (κ2) is 13.5. The van der Waals surface area contributed by atoms with Gasteiger partial charge in [-0.15, -0.1) is 34.9 Å². The Morgan fingerprint density at radius 3 is 2.83 bits per heavy atom. The minimum Gasteiger partial charge on any atom is -0.493 e. The van der Waals surface area contributed by atoms with Crippen molar-refractivity contribution in [3.8, 4) is 16.9 Å². The maximum atomic E-state index is 13.6. The second-order valence-corrected chi connectivity index (χ2v) is 15.8. The van der Waals surface area contributed by atoms with Crippen molar-refractivity contribution in [1.82, 2.24) is 19.3 Å². The maximum Gasteiger partial charge on any atom is 0.355 e. The highest BCUT2D eigenvalue weighted by molar-refractivity contribution is 7.98. The summed E-state index contributed by atoms with van der Waals surface area (Å²) >= 11 is 12.6. The molecule has 0 unspecified atom stereocenters. The molecule has 0 amide bonds. The van der Waals surface area contributed by atoms with Crippen LogP contribution in [-0.2, 0) is 48.4 Å². The fourth-order valence-corrected chi connectivity index (χ4v) is 10.3. The molecule has 8 bridgehead atoms. The van der Waals surface area contributed by atoms with Gasteiger partial charge in [0.15, 0.2) is 0 Å². The van der Waals surface area contributed by atoms with Crippen molar-refractivity contribution < 1.29 is 14.3 Å². The minimum atomic E-state index is -0.321. The molecule has 246 valence electrons. The molecule has 0 N–H and O–H groups in total. The highest BCUT2D eigenvalue weighted by Gasteiger charge is 2.30. The lowest BCUT2D eigenvalue weighted by Gasteiger charge is -2.12. The molecular weight excluding hydrogens is 680 g/mol. The molecule has 0 spiro atoms. The zero-order chi connectivity index (χ0) is 32.8. The number of carbonyl (C=O) groups excluding carboxylic acids is 1. The maximum absolute atomic E-state index is 13.6. The van der Waals surface area contributed by atoms with Crippen LogP contribution in [-0.4, -0.2) is 38.5 Å². The van der Waals surface area contributed by atoms with Crippen molar-refractivity contribution in [2.75, 3.05) is 13.2 Å². The number of nitrogens with zero attached hydrogens (tertiary/aromatic N) is 4. The Hall–Kier alpha value is -3.44. The molecule has 2 aliphatic rings. The van der Waals surface area contributed by atoms with Crippen LogP contribution in [0.4, 0.5) is 0 Å². The summed E-state index contributed by atoms with van der Waals surface area (Å²) in [6.07, 6.45) is 5.40. The van der Waals surface area contributed by atoms with Crippen LogP contribution in [0.2, 0.25) is 5.02 Å². The molecule has 0 aliphatic carbocycles. The number of ether oxygens (including phenoxy) is 2. The van der Waals surface area contributed by atoms with Gasteiger partial charge in [-0.3, -0.25) is 4.68 Å². The van der Waals surface area contributed by atoms with E-state index in [-0.39, 0.29) is 5.97 Å². The van der Waals surface area contributed by atoms with E-state index in [1.807, 2.05) is 54.3 Å². The fraction of sp³-hybridized carbons (Fsp3) is 0.324. The Morgan fingerprint density at radius 2 is 1.94 bits per heavy atom. The van der Waals surface area contributed by atoms with Crippen LogP contribution in [0.1, 0.15) is 57.1 Å². The fourth-order valence-electron chi connectivity index (χ4n) is 7.08. The first-order valence-electron chi connectivity index (χ1n) is 16.4. The van der Waals surface area contributed by atoms with Gasteiger partial charge in [0, 0.05) is 74.4 Å². The average molecular weight is 715 g/mol. The molecule has 5 heterocycles. The van der Waals surface area contributed by atoms with Gasteiger partial charge < -0.3 is 14.0 Å². The van der Waals surface area contributed by atoms with Crippen molar-refractivity contribution in [3.05, 3.63) is 92.3 Å². The molecule has 0 saturated carbocycles. The number of hydrogen-bond acceptors (Lipinski definition) is 8. The monoisotopic (exact) mass is 714 g/mol. The van der Waals surface area contributed by atoms with Crippen molar-refractivity contribution >= 4 is 74.1 Å². The van der Waals surface area contributed by atoms with E-state index in [0.29, 0.717) is 30.4 Å². The van der Waals surface area contributed by atoms with Gasteiger partial charge in [0.1, 0.15) is 16.5 Å². The third kappa shape index (κ3) is 5.80. The van der Waals surface area contributed by atoms with Crippen molar-refractivity contribution in [1.29, 1.82) is 0 Å². The average Bonchev–Trinajstić information content (AvgIpc) is 3.86. The Kier molecular flexibility index (Phi) is 8.92. The van der Waals surface area contributed by atoms with E-state index >= 15 is 0 Å². The lowest BCUT2D eigenvalue weighted by Crippen LogP contribution is -2.13. The molecule has 48 heavy (non-hydrogen) atoms. The highest BCUT2D eigenvalue weighted by atomic mass is 35.5. The van der Waals surface area contributed by atoms with E-state index in [2.05, 4.69) is 47.1 Å². The normalized spacial score (nSPS) is 15.2. The van der Waals surface area contributed by atoms with E-state index in [9.17, 15) is 4.79 Å². The number of thioether (sulfide) groups is 2. The summed E-state index contributed by atoms with van der Waals surface area (Å²) in [6.45, 7) is 3.56. The lowest BCUT2D eigenvalue weighted by atomic mass is 9.97. The summed E-state index contributed by atoms with van der Waals surface area (Å²) in [5.74, 6) is 2.96. The molecule has 7 nitrogen and oxygen atoms in total. The number of aromatic nitrogens is 4. The number of halogens is 1. The first-order valence-corrected chi connectivity index (χ1v) is 19.7. The number of carbonyl (C=O) groups is 1. The number of hydrogen-bond donors (Lipinski definition) is 0. The van der Waals surface area contributed by atoms with Crippen LogP contribution < -0.4 is 4.74 Å². The Labute approximate surface area is 297 Å². The largest absolute Gasteiger partial charge is 0.493 e. The molecule has 0 fully saturated rings. The van der Waals surface area contributed by atoms with Gasteiger partial charge in [-0.1, -0.05) is 41.9 Å². The van der Waals surface area contributed by atoms with Crippen LogP contribution in [0.15, 0.2) is 59.6 Å². The van der Waals surface area contributed by atoms with Crippen LogP contribution in [0.5, 0.6) is 5.75 Å². The van der Waals surface area contributed by atoms with Gasteiger partial charge in [0.05, 0.1) is 29.4 Å². The van der Waals surface area contributed by atoms with Gasteiger partial charge >= 0.3 is 5.97 Å². The smallest absolute Gasteiger partial charge is 0.355 e. The highest BCUT2D eigenvalue weighted by Crippen LogP contribution is 2.44. The number of esters is 1. The molecule has 0 saturated heterocycles. The third-order valence-electron chi connectivity index (χ3n) is 9.11. The van der Waals surface area contributed by atoms with Gasteiger partial charge in [0.25, 0.3) is 0 Å². The first kappa shape index (κ1) is 31.8. The molecule has 8 rings (SSSR count). The second-order valence-electron chi connectivity index (χ2n) is 12.1. The standard InChI is InChI=1S/C37H35ClN4O3S3/c1-3-44-37(43)36-26-10-7-15-45-31-17-23(16-22-8-4-5-9-25(22)31)47-19-24-18-39-32(48-24)21-46-20-29-34(30-11-6-14-42(30)40-29)33-28(38)13-12-27(26)35(33)41(36)2/h4-5,8-9,12-13,16-18H,3,6-7,10-11,14-15,19-21H2,1-2H3. The third-order valence-corrected chi connectivity index (χ3v) is 12.8. The summed E-state index contributed by atoms with van der Waals surface area (Å²) in [6, 6.07) is 16.8. The van der Waals surface area contributed by atoms with Gasteiger partial charge in [-0.2, -0.15) is 5.10 Å². The van der Waals surface area contributed by atoms with E-state index < -0.39 is 0 Å². The zero-order valence-corrected chi connectivity index (χ0v) is 30.1. The first-order chi connectivity index (χ1) is 23.5. The topological polar surface area (TPSA) is 71.2 Å². The SMILES string of the molecule is CCOC(=O)c1c2c3ccc(Cl)c(c3n1C)-c1c(nn3c1CCC3)CSCc1ncc(s1)CSc1cc(c3ccccc3c1)OCCC2. The molecule has 0 radical (unpaired) electrons.